The highest BCUT2D eigenvalue weighted by atomic mass is 32.2. The van der Waals surface area contributed by atoms with Crippen LogP contribution >= 0.6 is 11.3 Å². The summed E-state index contributed by atoms with van der Waals surface area (Å²) < 4.78 is 24.9. The zero-order chi connectivity index (χ0) is 15.6. The van der Waals surface area contributed by atoms with Gasteiger partial charge in [-0.15, -0.1) is 0 Å². The number of nitrogens with one attached hydrogen (secondary N) is 1. The number of carbonyl (C=O) groups is 1. The number of thiophene rings is 1. The van der Waals surface area contributed by atoms with E-state index in [-0.39, 0.29) is 29.5 Å². The van der Waals surface area contributed by atoms with Gasteiger partial charge in [-0.3, -0.25) is 4.79 Å². The Balaban J connectivity index is 1.68. The van der Waals surface area contributed by atoms with Crippen LogP contribution in [0.25, 0.3) is 0 Å². The van der Waals surface area contributed by atoms with Crippen molar-refractivity contribution in [1.82, 2.24) is 9.88 Å². The van der Waals surface area contributed by atoms with Crippen molar-refractivity contribution < 1.29 is 13.2 Å². The summed E-state index contributed by atoms with van der Waals surface area (Å²) in [4.78, 5) is 12.3. The predicted molar refractivity (Wildman–Crippen MR) is 86.7 cm³/mol. The van der Waals surface area contributed by atoms with Gasteiger partial charge in [-0.25, -0.2) is 8.42 Å². The molecule has 1 amide bonds. The molecule has 5 nitrogen and oxygen atoms in total. The molecule has 2 atom stereocenters. The molecule has 0 aliphatic carbocycles. The third-order valence-corrected chi connectivity index (χ3v) is 6.36. The molecule has 0 spiro atoms. The largest absolute Gasteiger partial charge is 0.352 e. The number of rotatable bonds is 5. The van der Waals surface area contributed by atoms with Gasteiger partial charge in [0.25, 0.3) is 0 Å². The van der Waals surface area contributed by atoms with Gasteiger partial charge in [0, 0.05) is 18.4 Å². The third-order valence-electron chi connectivity index (χ3n) is 3.89. The van der Waals surface area contributed by atoms with Gasteiger partial charge in [-0.1, -0.05) is 0 Å². The molecule has 1 saturated heterocycles. The van der Waals surface area contributed by atoms with E-state index >= 15 is 0 Å². The molecule has 3 rings (SSSR count). The molecule has 3 heterocycles. The first-order valence-electron chi connectivity index (χ1n) is 7.18. The fraction of sp³-hybridized carbons (Fsp3) is 0.400. The van der Waals surface area contributed by atoms with Gasteiger partial charge in [0.2, 0.25) is 5.91 Å². The molecule has 1 N–H and O–H groups in total. The number of hydrogen-bond donors (Lipinski definition) is 1. The highest BCUT2D eigenvalue weighted by Gasteiger charge is 2.29. The third kappa shape index (κ3) is 3.59. The molecule has 1 aliphatic rings. The van der Waals surface area contributed by atoms with Crippen molar-refractivity contribution in [3.05, 3.63) is 46.9 Å². The number of nitrogens with zero attached hydrogens (tertiary/aromatic N) is 1. The highest BCUT2D eigenvalue weighted by Crippen LogP contribution is 2.24. The first kappa shape index (κ1) is 15.3. The molecule has 0 aromatic carbocycles. The second-order valence-corrected chi connectivity index (χ2v) is 8.58. The summed E-state index contributed by atoms with van der Waals surface area (Å²) in [6.45, 7) is 0. The van der Waals surface area contributed by atoms with E-state index in [1.54, 1.807) is 11.3 Å². The molecular weight excluding hydrogens is 320 g/mol. The van der Waals surface area contributed by atoms with Crippen molar-refractivity contribution in [2.45, 2.75) is 24.9 Å². The van der Waals surface area contributed by atoms with Gasteiger partial charge in [0.15, 0.2) is 9.84 Å². The van der Waals surface area contributed by atoms with Gasteiger partial charge >= 0.3 is 0 Å². The van der Waals surface area contributed by atoms with E-state index in [9.17, 15) is 13.2 Å². The Morgan fingerprint density at radius 3 is 2.77 bits per heavy atom. The van der Waals surface area contributed by atoms with E-state index in [1.807, 2.05) is 45.9 Å². The number of hydrogen-bond acceptors (Lipinski definition) is 4. The minimum atomic E-state index is -2.97. The zero-order valence-corrected chi connectivity index (χ0v) is 13.6. The molecule has 2 aromatic rings. The average molecular weight is 338 g/mol. The Morgan fingerprint density at radius 1 is 1.41 bits per heavy atom. The lowest BCUT2D eigenvalue weighted by Gasteiger charge is -2.19. The Bertz CT molecular complexity index is 687. The van der Waals surface area contributed by atoms with Crippen molar-refractivity contribution in [2.75, 3.05) is 11.5 Å². The molecule has 0 saturated carbocycles. The number of carbonyl (C=O) groups excluding carboxylic acids is 1. The van der Waals surface area contributed by atoms with Crippen LogP contribution in [0.1, 0.15) is 24.4 Å². The molecular formula is C15H18N2O3S2. The lowest BCUT2D eigenvalue weighted by atomic mass is 10.1. The standard InChI is InChI=1S/C15H18N2O3S2/c18-15(16-13-4-8-22(19,20)11-13)9-14(12-3-7-21-10-12)17-5-1-2-6-17/h1-3,5-7,10,13-14H,4,8-9,11H2,(H,16,18)/t13-,14+/m1/s1. The first-order chi connectivity index (χ1) is 10.5. The van der Waals surface area contributed by atoms with E-state index < -0.39 is 9.84 Å². The van der Waals surface area contributed by atoms with Gasteiger partial charge in [0.1, 0.15) is 0 Å². The predicted octanol–water partition coefficient (Wildman–Crippen LogP) is 1.83. The van der Waals surface area contributed by atoms with Crippen molar-refractivity contribution in [3.8, 4) is 0 Å². The Hall–Kier alpha value is -1.60. The molecule has 22 heavy (non-hydrogen) atoms. The van der Waals surface area contributed by atoms with Crippen LogP contribution in [0.4, 0.5) is 0 Å². The molecule has 7 heteroatoms. The Morgan fingerprint density at radius 2 is 2.18 bits per heavy atom. The van der Waals surface area contributed by atoms with E-state index in [2.05, 4.69) is 5.32 Å². The molecule has 0 radical (unpaired) electrons. The second-order valence-electron chi connectivity index (χ2n) is 5.57. The molecule has 0 unspecified atom stereocenters. The van der Waals surface area contributed by atoms with Crippen LogP contribution in [0.5, 0.6) is 0 Å². The van der Waals surface area contributed by atoms with Gasteiger partial charge in [-0.2, -0.15) is 11.3 Å². The second kappa shape index (κ2) is 6.26. The lowest BCUT2D eigenvalue weighted by molar-refractivity contribution is -0.122. The fourth-order valence-electron chi connectivity index (χ4n) is 2.79. The van der Waals surface area contributed by atoms with Crippen LogP contribution < -0.4 is 5.32 Å². The van der Waals surface area contributed by atoms with Crippen LogP contribution in [-0.4, -0.2) is 36.4 Å². The summed E-state index contributed by atoms with van der Waals surface area (Å²) >= 11 is 1.60. The maximum absolute atomic E-state index is 12.3. The molecule has 1 aliphatic heterocycles. The summed E-state index contributed by atoms with van der Waals surface area (Å²) in [6.07, 6.45) is 4.70. The smallest absolute Gasteiger partial charge is 0.222 e. The van der Waals surface area contributed by atoms with Crippen LogP contribution in [0.3, 0.4) is 0 Å². The number of sulfone groups is 1. The summed E-state index contributed by atoms with van der Waals surface area (Å²) in [5.41, 5.74) is 1.09. The van der Waals surface area contributed by atoms with Gasteiger partial charge in [-0.05, 0) is 40.9 Å². The van der Waals surface area contributed by atoms with Gasteiger partial charge < -0.3 is 9.88 Å². The maximum Gasteiger partial charge on any atom is 0.222 e. The minimum Gasteiger partial charge on any atom is -0.352 e. The summed E-state index contributed by atoms with van der Waals surface area (Å²) in [5.74, 6) is 0.126. The minimum absolute atomic E-state index is 0.0562. The summed E-state index contributed by atoms with van der Waals surface area (Å²) in [5, 5.41) is 6.89. The summed E-state index contributed by atoms with van der Waals surface area (Å²) in [6, 6.07) is 5.58. The van der Waals surface area contributed by atoms with Crippen LogP contribution in [0, 0.1) is 0 Å². The molecule has 118 valence electrons. The van der Waals surface area contributed by atoms with Crippen molar-refractivity contribution >= 4 is 27.1 Å². The van der Waals surface area contributed by atoms with Crippen molar-refractivity contribution in [1.29, 1.82) is 0 Å². The molecule has 0 bridgehead atoms. The Labute approximate surface area is 133 Å². The van der Waals surface area contributed by atoms with E-state index in [0.717, 1.165) is 5.56 Å². The first-order valence-corrected chi connectivity index (χ1v) is 9.94. The van der Waals surface area contributed by atoms with Crippen LogP contribution in [0.15, 0.2) is 41.4 Å². The van der Waals surface area contributed by atoms with Gasteiger partial charge in [0.05, 0.1) is 24.0 Å². The number of aromatic nitrogens is 1. The van der Waals surface area contributed by atoms with Crippen molar-refractivity contribution in [2.24, 2.45) is 0 Å². The highest BCUT2D eigenvalue weighted by molar-refractivity contribution is 7.91. The van der Waals surface area contributed by atoms with Crippen LogP contribution in [-0.2, 0) is 14.6 Å². The monoisotopic (exact) mass is 338 g/mol. The van der Waals surface area contributed by atoms with Crippen LogP contribution in [0.2, 0.25) is 0 Å². The summed E-state index contributed by atoms with van der Waals surface area (Å²) in [7, 11) is -2.97. The quantitative estimate of drug-likeness (QED) is 0.904. The fourth-order valence-corrected chi connectivity index (χ4v) is 5.17. The average Bonchev–Trinajstić information content (AvgIpc) is 3.17. The van der Waals surface area contributed by atoms with E-state index in [1.165, 1.54) is 0 Å². The Kier molecular flexibility index (Phi) is 4.35. The number of amides is 1. The lowest BCUT2D eigenvalue weighted by Crippen LogP contribution is -2.36. The SMILES string of the molecule is O=C(C[C@@H](c1ccsc1)n1cccc1)N[C@@H]1CCS(=O)(=O)C1. The zero-order valence-electron chi connectivity index (χ0n) is 12.0. The maximum atomic E-state index is 12.3. The normalized spacial score (nSPS) is 21.5. The molecule has 2 aromatic heterocycles. The molecule has 1 fully saturated rings. The topological polar surface area (TPSA) is 68.2 Å². The van der Waals surface area contributed by atoms with E-state index in [4.69, 9.17) is 0 Å². The van der Waals surface area contributed by atoms with Crippen molar-refractivity contribution in [3.63, 3.8) is 0 Å². The van der Waals surface area contributed by atoms with E-state index in [0.29, 0.717) is 12.8 Å².